The number of carboxylic acid groups (broad SMARTS) is 1. The molecule has 1 amide bonds. The topological polar surface area (TPSA) is 120 Å². The largest absolute Gasteiger partial charge is 0.481 e. The molecule has 140 valence electrons. The number of hydrogen-bond acceptors (Lipinski definition) is 6. The van der Waals surface area contributed by atoms with Crippen LogP contribution < -0.4 is 11.1 Å². The van der Waals surface area contributed by atoms with Crippen molar-refractivity contribution in [3.05, 3.63) is 0 Å². The Labute approximate surface area is 148 Å². The molecule has 4 N–H and O–H groups in total. The lowest BCUT2D eigenvalue weighted by Gasteiger charge is -2.28. The summed E-state index contributed by atoms with van der Waals surface area (Å²) in [5.74, 6) is -3.22. The molecule has 0 spiro atoms. The van der Waals surface area contributed by atoms with Gasteiger partial charge in [0, 0.05) is 26.0 Å². The summed E-state index contributed by atoms with van der Waals surface area (Å²) in [6, 6.07) is 0. The smallest absolute Gasteiger partial charge is 0.307 e. The standard InChI is InChI=1S/C15H28N2O6S/c1-10(2)13(11(15(19)20)8-12(16)18)14(24)17-4-5-22-9-23-7-6-21-3/h10-11,13H,4-9H2,1-3H3,(H2,16,18)(H,17,24)(H,19,20)/t11?,13-/m0/s1. The molecule has 0 aromatic heterocycles. The van der Waals surface area contributed by atoms with E-state index in [1.807, 2.05) is 13.8 Å². The van der Waals surface area contributed by atoms with Gasteiger partial charge in [0.05, 0.1) is 30.7 Å². The Bertz CT molecular complexity index is 405. The molecule has 0 aliphatic carbocycles. The zero-order valence-electron chi connectivity index (χ0n) is 14.4. The van der Waals surface area contributed by atoms with Crippen LogP contribution in [-0.4, -0.2) is 62.2 Å². The maximum absolute atomic E-state index is 11.4. The van der Waals surface area contributed by atoms with Gasteiger partial charge in [-0.25, -0.2) is 0 Å². The minimum atomic E-state index is -1.08. The summed E-state index contributed by atoms with van der Waals surface area (Å²) >= 11 is 5.31. The average Bonchev–Trinajstić information content (AvgIpc) is 2.48. The van der Waals surface area contributed by atoms with E-state index in [9.17, 15) is 14.7 Å². The molecule has 9 heteroatoms. The van der Waals surface area contributed by atoms with Gasteiger partial charge in [0.15, 0.2) is 0 Å². The molecule has 1 unspecified atom stereocenters. The van der Waals surface area contributed by atoms with Crippen molar-refractivity contribution in [3.63, 3.8) is 0 Å². The second-order valence-electron chi connectivity index (χ2n) is 5.60. The maximum Gasteiger partial charge on any atom is 0.307 e. The summed E-state index contributed by atoms with van der Waals surface area (Å²) < 4.78 is 15.2. The third kappa shape index (κ3) is 9.76. The summed E-state index contributed by atoms with van der Waals surface area (Å²) in [6.45, 7) is 5.57. The first-order valence-electron chi connectivity index (χ1n) is 7.74. The first-order valence-corrected chi connectivity index (χ1v) is 8.15. The van der Waals surface area contributed by atoms with Gasteiger partial charge in [0.1, 0.15) is 6.79 Å². The number of amides is 1. The van der Waals surface area contributed by atoms with E-state index in [-0.39, 0.29) is 19.1 Å². The van der Waals surface area contributed by atoms with Crippen LogP contribution in [0.3, 0.4) is 0 Å². The van der Waals surface area contributed by atoms with Crippen LogP contribution >= 0.6 is 12.2 Å². The molecule has 0 heterocycles. The molecule has 2 atom stereocenters. The van der Waals surface area contributed by atoms with E-state index in [0.717, 1.165) is 0 Å². The number of carbonyl (C=O) groups excluding carboxylic acids is 1. The van der Waals surface area contributed by atoms with Crippen molar-refractivity contribution >= 4 is 29.1 Å². The van der Waals surface area contributed by atoms with Crippen molar-refractivity contribution < 1.29 is 28.9 Å². The van der Waals surface area contributed by atoms with E-state index in [4.69, 9.17) is 32.2 Å². The molecule has 0 saturated heterocycles. The van der Waals surface area contributed by atoms with Gasteiger partial charge in [0.2, 0.25) is 5.91 Å². The summed E-state index contributed by atoms with van der Waals surface area (Å²) in [6.07, 6.45) is -0.246. The van der Waals surface area contributed by atoms with Crippen molar-refractivity contribution in [2.75, 3.05) is 40.3 Å². The Hall–Kier alpha value is -1.29. The van der Waals surface area contributed by atoms with Crippen LogP contribution in [0.5, 0.6) is 0 Å². The van der Waals surface area contributed by atoms with Crippen molar-refractivity contribution in [2.24, 2.45) is 23.5 Å². The molecular formula is C15H28N2O6S. The Balaban J connectivity index is 4.34. The van der Waals surface area contributed by atoms with E-state index < -0.39 is 23.7 Å². The number of rotatable bonds is 14. The lowest BCUT2D eigenvalue weighted by atomic mass is 9.81. The molecule has 24 heavy (non-hydrogen) atoms. The number of nitrogens with one attached hydrogen (secondary N) is 1. The Morgan fingerprint density at radius 3 is 2.33 bits per heavy atom. The predicted molar refractivity (Wildman–Crippen MR) is 92.5 cm³/mol. The third-order valence-electron chi connectivity index (χ3n) is 3.34. The number of primary amides is 1. The number of methoxy groups -OCH3 is 1. The van der Waals surface area contributed by atoms with Crippen LogP contribution in [0.1, 0.15) is 20.3 Å². The van der Waals surface area contributed by atoms with Crippen LogP contribution in [0, 0.1) is 17.8 Å². The molecule has 0 radical (unpaired) electrons. The highest BCUT2D eigenvalue weighted by atomic mass is 32.1. The highest BCUT2D eigenvalue weighted by molar-refractivity contribution is 7.80. The summed E-state index contributed by atoms with van der Waals surface area (Å²) in [4.78, 5) is 23.0. The van der Waals surface area contributed by atoms with E-state index in [0.29, 0.717) is 31.4 Å². The van der Waals surface area contributed by atoms with Crippen molar-refractivity contribution in [2.45, 2.75) is 20.3 Å². The number of aliphatic carboxylic acids is 1. The molecule has 0 rings (SSSR count). The highest BCUT2D eigenvalue weighted by Gasteiger charge is 2.34. The molecular weight excluding hydrogens is 336 g/mol. The third-order valence-corrected chi connectivity index (χ3v) is 3.75. The van der Waals surface area contributed by atoms with Gasteiger partial charge in [-0.05, 0) is 5.92 Å². The number of ether oxygens (including phenoxy) is 3. The second-order valence-corrected chi connectivity index (χ2v) is 6.04. The van der Waals surface area contributed by atoms with Gasteiger partial charge in [-0.2, -0.15) is 0 Å². The first kappa shape index (κ1) is 22.7. The van der Waals surface area contributed by atoms with E-state index >= 15 is 0 Å². The number of nitrogens with two attached hydrogens (primary N) is 1. The normalized spacial score (nSPS) is 13.5. The van der Waals surface area contributed by atoms with Crippen LogP contribution in [-0.2, 0) is 23.8 Å². The second kappa shape index (κ2) is 13.1. The fourth-order valence-electron chi connectivity index (χ4n) is 2.22. The lowest BCUT2D eigenvalue weighted by molar-refractivity contribution is -0.145. The summed E-state index contributed by atoms with van der Waals surface area (Å²) in [5.41, 5.74) is 5.15. The molecule has 0 aromatic carbocycles. The first-order chi connectivity index (χ1) is 11.3. The van der Waals surface area contributed by atoms with Crippen molar-refractivity contribution in [1.82, 2.24) is 5.32 Å². The Kier molecular flexibility index (Phi) is 12.4. The molecule has 0 aromatic rings. The quantitative estimate of drug-likeness (QED) is 0.230. The van der Waals surface area contributed by atoms with Gasteiger partial charge in [-0.1, -0.05) is 26.1 Å². The van der Waals surface area contributed by atoms with Crippen LogP contribution in [0.4, 0.5) is 0 Å². The Morgan fingerprint density at radius 2 is 1.83 bits per heavy atom. The zero-order chi connectivity index (χ0) is 18.5. The number of hydrogen-bond donors (Lipinski definition) is 3. The van der Waals surface area contributed by atoms with Crippen LogP contribution in [0.25, 0.3) is 0 Å². The van der Waals surface area contributed by atoms with Gasteiger partial charge in [0.25, 0.3) is 0 Å². The van der Waals surface area contributed by atoms with Crippen LogP contribution in [0.2, 0.25) is 0 Å². The Morgan fingerprint density at radius 1 is 1.21 bits per heavy atom. The van der Waals surface area contributed by atoms with Crippen molar-refractivity contribution in [3.8, 4) is 0 Å². The zero-order valence-corrected chi connectivity index (χ0v) is 15.3. The average molecular weight is 364 g/mol. The minimum absolute atomic E-state index is 0.0521. The van der Waals surface area contributed by atoms with E-state index in [1.165, 1.54) is 0 Å². The predicted octanol–water partition coefficient (Wildman–Crippen LogP) is 0.389. The van der Waals surface area contributed by atoms with E-state index in [2.05, 4.69) is 5.32 Å². The van der Waals surface area contributed by atoms with Crippen molar-refractivity contribution in [1.29, 1.82) is 0 Å². The maximum atomic E-state index is 11.4. The molecule has 0 bridgehead atoms. The molecule has 0 saturated carbocycles. The van der Waals surface area contributed by atoms with Gasteiger partial charge >= 0.3 is 5.97 Å². The number of carbonyl (C=O) groups is 2. The highest BCUT2D eigenvalue weighted by Crippen LogP contribution is 2.25. The van der Waals surface area contributed by atoms with Crippen LogP contribution in [0.15, 0.2) is 0 Å². The lowest BCUT2D eigenvalue weighted by Crippen LogP contribution is -2.42. The fraction of sp³-hybridized carbons (Fsp3) is 0.800. The molecule has 0 aliphatic rings. The molecule has 0 fully saturated rings. The summed E-state index contributed by atoms with van der Waals surface area (Å²) in [5, 5.41) is 12.3. The minimum Gasteiger partial charge on any atom is -0.481 e. The molecule has 8 nitrogen and oxygen atoms in total. The number of carboxylic acids is 1. The van der Waals surface area contributed by atoms with E-state index in [1.54, 1.807) is 7.11 Å². The molecule has 0 aliphatic heterocycles. The summed E-state index contributed by atoms with van der Waals surface area (Å²) in [7, 11) is 1.59. The fourth-order valence-corrected chi connectivity index (χ4v) is 2.76. The van der Waals surface area contributed by atoms with Gasteiger partial charge in [-0.3, -0.25) is 9.59 Å². The van der Waals surface area contributed by atoms with Gasteiger partial charge < -0.3 is 30.4 Å². The van der Waals surface area contributed by atoms with Gasteiger partial charge in [-0.15, -0.1) is 0 Å². The monoisotopic (exact) mass is 364 g/mol. The number of thiocarbonyl (C=S) groups is 1. The SMILES string of the molecule is COCCOCOCCNC(=S)[C@@H](C(C)C)C(CC(N)=O)C(=O)O.